The SMILES string of the molecule is Nc1ccc(S(=O)(=O)Cl)cn1.O=S(=O)(O)Cl. The van der Waals surface area contributed by atoms with Crippen molar-refractivity contribution in [3.05, 3.63) is 18.3 Å². The second-order valence-electron chi connectivity index (χ2n) is 2.27. The zero-order chi connectivity index (χ0) is 13.0. The molecule has 92 valence electrons. The van der Waals surface area contributed by atoms with Crippen molar-refractivity contribution >= 4 is 45.6 Å². The van der Waals surface area contributed by atoms with E-state index in [-0.39, 0.29) is 10.7 Å². The zero-order valence-electron chi connectivity index (χ0n) is 7.41. The van der Waals surface area contributed by atoms with Crippen LogP contribution in [0, 0.1) is 0 Å². The number of aromatic nitrogens is 1. The minimum atomic E-state index is -4.19. The number of nitrogens with zero attached hydrogens (tertiary/aromatic N) is 1. The lowest BCUT2D eigenvalue weighted by Crippen LogP contribution is -1.94. The molecule has 11 heteroatoms. The Kier molecular flexibility index (Phi) is 5.42. The summed E-state index contributed by atoms with van der Waals surface area (Å²) >= 11 is 0. The molecule has 0 radical (unpaired) electrons. The summed E-state index contributed by atoms with van der Waals surface area (Å²) in [5.41, 5.74) is 5.22. The summed E-state index contributed by atoms with van der Waals surface area (Å²) in [5.74, 6) is 0.258. The molecule has 1 aromatic rings. The fourth-order valence-electron chi connectivity index (χ4n) is 0.536. The zero-order valence-corrected chi connectivity index (χ0v) is 10.6. The number of rotatable bonds is 1. The van der Waals surface area contributed by atoms with Gasteiger partial charge in [0.05, 0.1) is 0 Å². The molecule has 0 unspecified atom stereocenters. The van der Waals surface area contributed by atoms with Gasteiger partial charge in [-0.1, -0.05) is 0 Å². The third-order valence-corrected chi connectivity index (χ3v) is 2.38. The number of hydrogen-bond donors (Lipinski definition) is 2. The average Bonchev–Trinajstić information content (AvgIpc) is 1.99. The van der Waals surface area contributed by atoms with Crippen LogP contribution in [0.25, 0.3) is 0 Å². The highest BCUT2D eigenvalue weighted by atomic mass is 35.7. The second-order valence-corrected chi connectivity index (χ2v) is 6.83. The molecule has 0 amide bonds. The van der Waals surface area contributed by atoms with Gasteiger partial charge in [-0.05, 0) is 12.1 Å². The lowest BCUT2D eigenvalue weighted by molar-refractivity contribution is 0.501. The van der Waals surface area contributed by atoms with Crippen LogP contribution in [0.15, 0.2) is 23.2 Å². The summed E-state index contributed by atoms with van der Waals surface area (Å²) in [6, 6.07) is 2.67. The van der Waals surface area contributed by atoms with Crippen molar-refractivity contribution in [1.29, 1.82) is 0 Å². The van der Waals surface area contributed by atoms with Gasteiger partial charge in [-0.3, -0.25) is 4.55 Å². The fraction of sp³-hybridized carbons (Fsp3) is 0. The van der Waals surface area contributed by atoms with Crippen molar-refractivity contribution in [3.8, 4) is 0 Å². The topological polar surface area (TPSA) is 127 Å². The third kappa shape index (κ3) is 8.68. The Balaban J connectivity index is 0.000000385. The van der Waals surface area contributed by atoms with E-state index in [1.165, 1.54) is 12.1 Å². The maximum atomic E-state index is 10.6. The predicted molar refractivity (Wildman–Crippen MR) is 59.1 cm³/mol. The van der Waals surface area contributed by atoms with Crippen molar-refractivity contribution in [2.45, 2.75) is 4.90 Å². The quantitative estimate of drug-likeness (QED) is 0.575. The lowest BCUT2D eigenvalue weighted by atomic mass is 10.5. The molecule has 3 N–H and O–H groups in total. The van der Waals surface area contributed by atoms with Crippen molar-refractivity contribution < 1.29 is 21.4 Å². The van der Waals surface area contributed by atoms with E-state index in [9.17, 15) is 8.42 Å². The van der Waals surface area contributed by atoms with E-state index >= 15 is 0 Å². The summed E-state index contributed by atoms with van der Waals surface area (Å²) in [6.07, 6.45) is 1.11. The average molecular weight is 309 g/mol. The van der Waals surface area contributed by atoms with Crippen LogP contribution in [0.1, 0.15) is 0 Å². The molecule has 0 aliphatic heterocycles. The first-order chi connectivity index (χ1) is 7.00. The van der Waals surface area contributed by atoms with Gasteiger partial charge in [0, 0.05) is 27.6 Å². The first-order valence-electron chi connectivity index (χ1n) is 3.33. The van der Waals surface area contributed by atoms with E-state index in [1.54, 1.807) is 0 Å². The molecule has 0 saturated heterocycles. The highest BCUT2D eigenvalue weighted by Gasteiger charge is 2.08. The van der Waals surface area contributed by atoms with Gasteiger partial charge in [-0.15, -0.1) is 0 Å². The number of hydrogen-bond acceptors (Lipinski definition) is 6. The molecule has 1 rings (SSSR count). The van der Waals surface area contributed by atoms with E-state index < -0.39 is 18.4 Å². The molecular formula is C5H6Cl2N2O5S2. The van der Waals surface area contributed by atoms with E-state index in [0.29, 0.717) is 0 Å². The molecule has 16 heavy (non-hydrogen) atoms. The van der Waals surface area contributed by atoms with Gasteiger partial charge in [-0.25, -0.2) is 13.4 Å². The lowest BCUT2D eigenvalue weighted by Gasteiger charge is -1.94. The summed E-state index contributed by atoms with van der Waals surface area (Å²) in [6.45, 7) is 0. The van der Waals surface area contributed by atoms with Gasteiger partial charge in [0.2, 0.25) is 0 Å². The maximum absolute atomic E-state index is 10.6. The fourth-order valence-corrected chi connectivity index (χ4v) is 1.22. The predicted octanol–water partition coefficient (Wildman–Crippen LogP) is 0.619. The van der Waals surface area contributed by atoms with Gasteiger partial charge in [-0.2, -0.15) is 8.42 Å². The van der Waals surface area contributed by atoms with Gasteiger partial charge in [0.15, 0.2) is 0 Å². The summed E-state index contributed by atoms with van der Waals surface area (Å²) in [5, 5.41) is 0. The van der Waals surface area contributed by atoms with E-state index in [4.69, 9.17) is 29.4 Å². The molecule has 0 aliphatic rings. The molecule has 0 spiro atoms. The van der Waals surface area contributed by atoms with Crippen LogP contribution in [0.2, 0.25) is 0 Å². The highest BCUT2D eigenvalue weighted by Crippen LogP contribution is 2.13. The normalized spacial score (nSPS) is 11.4. The van der Waals surface area contributed by atoms with Crippen LogP contribution in [0.3, 0.4) is 0 Å². The van der Waals surface area contributed by atoms with Crippen LogP contribution in [-0.2, 0) is 18.4 Å². The van der Waals surface area contributed by atoms with Gasteiger partial charge >= 0.3 is 9.33 Å². The Morgan fingerprint density at radius 3 is 1.88 bits per heavy atom. The molecule has 0 aliphatic carbocycles. The Morgan fingerprint density at radius 2 is 1.62 bits per heavy atom. The monoisotopic (exact) mass is 308 g/mol. The molecule has 0 bridgehead atoms. The Hall–Kier alpha value is -0.610. The van der Waals surface area contributed by atoms with Gasteiger partial charge in [0.1, 0.15) is 10.7 Å². The minimum absolute atomic E-state index is 0.0478. The molecule has 0 saturated carbocycles. The third-order valence-electron chi connectivity index (χ3n) is 1.04. The van der Waals surface area contributed by atoms with Crippen molar-refractivity contribution in [2.24, 2.45) is 0 Å². The van der Waals surface area contributed by atoms with Crippen LogP contribution >= 0.6 is 21.4 Å². The number of nitrogens with two attached hydrogens (primary N) is 1. The molecular weight excluding hydrogens is 303 g/mol. The molecule has 0 fully saturated rings. The number of pyridine rings is 1. The maximum Gasteiger partial charge on any atom is 0.353 e. The molecule has 1 aromatic heterocycles. The summed E-state index contributed by atoms with van der Waals surface area (Å²) in [7, 11) is 1.20. The van der Waals surface area contributed by atoms with E-state index in [1.807, 2.05) is 0 Å². The van der Waals surface area contributed by atoms with Crippen LogP contribution in [0.5, 0.6) is 0 Å². The van der Waals surface area contributed by atoms with Crippen molar-refractivity contribution in [1.82, 2.24) is 4.98 Å². The molecule has 1 heterocycles. The van der Waals surface area contributed by atoms with Gasteiger partial charge < -0.3 is 5.73 Å². The van der Waals surface area contributed by atoms with Crippen molar-refractivity contribution in [3.63, 3.8) is 0 Å². The standard InChI is InChI=1S/C5H5ClN2O2S.ClHO3S/c6-11(9,10)4-1-2-5(7)8-3-4;1-5(2,3)4/h1-3H,(H2,7,8);(H,2,3,4). The first-order valence-corrected chi connectivity index (χ1v) is 7.91. The number of anilines is 1. The molecule has 0 atom stereocenters. The Bertz CT molecular complexity index is 531. The minimum Gasteiger partial charge on any atom is -0.384 e. The second kappa shape index (κ2) is 5.64. The van der Waals surface area contributed by atoms with Crippen LogP contribution in [-0.4, -0.2) is 26.4 Å². The Labute approximate surface area is 101 Å². The number of halogens is 2. The number of nitrogen functional groups attached to an aromatic ring is 1. The van der Waals surface area contributed by atoms with Crippen LogP contribution < -0.4 is 5.73 Å². The highest BCUT2D eigenvalue weighted by molar-refractivity contribution is 8.13. The summed E-state index contributed by atoms with van der Waals surface area (Å²) in [4.78, 5) is 3.51. The van der Waals surface area contributed by atoms with Crippen molar-refractivity contribution in [2.75, 3.05) is 5.73 Å². The Morgan fingerprint density at radius 1 is 1.19 bits per heavy atom. The molecule has 0 aromatic carbocycles. The smallest absolute Gasteiger partial charge is 0.353 e. The molecule has 7 nitrogen and oxygen atoms in total. The van der Waals surface area contributed by atoms with E-state index in [2.05, 4.69) is 15.7 Å². The van der Waals surface area contributed by atoms with Gasteiger partial charge in [0.25, 0.3) is 9.05 Å². The summed E-state index contributed by atoms with van der Waals surface area (Å²) < 4.78 is 46.4. The van der Waals surface area contributed by atoms with Crippen LogP contribution in [0.4, 0.5) is 5.82 Å². The van der Waals surface area contributed by atoms with E-state index in [0.717, 1.165) is 6.20 Å². The largest absolute Gasteiger partial charge is 0.384 e. The first kappa shape index (κ1) is 15.4.